The molecule has 2 fully saturated rings. The maximum Gasteiger partial charge on any atom is 0.254 e. The highest BCUT2D eigenvalue weighted by Crippen LogP contribution is 2.33. The van der Waals surface area contributed by atoms with E-state index in [4.69, 9.17) is 9.15 Å². The lowest BCUT2D eigenvalue weighted by atomic mass is 10.1. The van der Waals surface area contributed by atoms with Crippen LogP contribution in [0.15, 0.2) is 41.3 Å². The maximum atomic E-state index is 13.0. The summed E-state index contributed by atoms with van der Waals surface area (Å²) >= 11 is 0. The molecule has 0 spiro atoms. The van der Waals surface area contributed by atoms with Crippen LogP contribution in [-0.4, -0.2) is 65.0 Å². The standard InChI is InChI=1S/C20H23N3O4/c1-2-26-10-9-22-16-7-8-23(17(16)11-19(22)24)20(25)15-5-3-14(4-6-15)18-12-21-13-27-18/h3-6,12-13,16-17H,2,7-11H2,1H3/t16-,17-/m0/s1. The Bertz CT molecular complexity index is 803. The summed E-state index contributed by atoms with van der Waals surface area (Å²) in [5, 5.41) is 0. The Labute approximate surface area is 157 Å². The van der Waals surface area contributed by atoms with Crippen LogP contribution in [0.2, 0.25) is 0 Å². The Morgan fingerprint density at radius 3 is 2.81 bits per heavy atom. The first kappa shape index (κ1) is 17.7. The molecule has 4 rings (SSSR count). The van der Waals surface area contributed by atoms with Gasteiger partial charge >= 0.3 is 0 Å². The molecule has 1 aromatic carbocycles. The van der Waals surface area contributed by atoms with Gasteiger partial charge in [-0.3, -0.25) is 9.59 Å². The zero-order valence-electron chi connectivity index (χ0n) is 15.3. The number of carbonyl (C=O) groups excluding carboxylic acids is 2. The molecule has 0 unspecified atom stereocenters. The van der Waals surface area contributed by atoms with Crippen LogP contribution in [0.3, 0.4) is 0 Å². The quantitative estimate of drug-likeness (QED) is 0.730. The topological polar surface area (TPSA) is 75.9 Å². The molecule has 0 N–H and O–H groups in total. The lowest BCUT2D eigenvalue weighted by Gasteiger charge is -2.25. The molecule has 2 aliphatic heterocycles. The largest absolute Gasteiger partial charge is 0.444 e. The van der Waals surface area contributed by atoms with Gasteiger partial charge in [-0.05, 0) is 25.5 Å². The number of carbonyl (C=O) groups is 2. The summed E-state index contributed by atoms with van der Waals surface area (Å²) in [6.45, 7) is 4.41. The van der Waals surface area contributed by atoms with Gasteiger partial charge in [-0.1, -0.05) is 12.1 Å². The van der Waals surface area contributed by atoms with E-state index in [-0.39, 0.29) is 23.9 Å². The number of rotatable bonds is 6. The lowest BCUT2D eigenvalue weighted by Crippen LogP contribution is -2.40. The first-order chi connectivity index (χ1) is 13.2. The van der Waals surface area contributed by atoms with Crippen LogP contribution >= 0.6 is 0 Å². The van der Waals surface area contributed by atoms with Gasteiger partial charge in [-0.25, -0.2) is 4.98 Å². The van der Waals surface area contributed by atoms with E-state index >= 15 is 0 Å². The number of fused-ring (bicyclic) bond motifs is 1. The number of hydrogen-bond donors (Lipinski definition) is 0. The summed E-state index contributed by atoms with van der Waals surface area (Å²) in [4.78, 5) is 33.0. The SMILES string of the molecule is CCOCCN1C(=O)C[C@H]2[C@@H]1CCN2C(=O)c1ccc(-c2cnco2)cc1. The summed E-state index contributed by atoms with van der Waals surface area (Å²) in [6.07, 6.45) is 4.25. The first-order valence-corrected chi connectivity index (χ1v) is 9.36. The van der Waals surface area contributed by atoms with Crippen LogP contribution in [0.4, 0.5) is 0 Å². The molecular weight excluding hydrogens is 346 g/mol. The van der Waals surface area contributed by atoms with Gasteiger partial charge in [-0.15, -0.1) is 0 Å². The predicted octanol–water partition coefficient (Wildman–Crippen LogP) is 2.19. The summed E-state index contributed by atoms with van der Waals surface area (Å²) in [5.74, 6) is 0.760. The number of benzene rings is 1. The number of nitrogens with zero attached hydrogens (tertiary/aromatic N) is 3. The van der Waals surface area contributed by atoms with Crippen molar-refractivity contribution < 1.29 is 18.7 Å². The fourth-order valence-electron chi connectivity index (χ4n) is 4.08. The molecule has 142 valence electrons. The van der Waals surface area contributed by atoms with Crippen LogP contribution in [-0.2, 0) is 9.53 Å². The molecule has 2 amide bonds. The molecule has 27 heavy (non-hydrogen) atoms. The van der Waals surface area contributed by atoms with Gasteiger partial charge in [0.25, 0.3) is 5.91 Å². The van der Waals surface area contributed by atoms with Crippen molar-refractivity contribution in [2.24, 2.45) is 0 Å². The second kappa shape index (κ2) is 7.52. The molecule has 7 heteroatoms. The molecule has 1 aromatic heterocycles. The van der Waals surface area contributed by atoms with Gasteiger partial charge in [0, 0.05) is 37.2 Å². The van der Waals surface area contributed by atoms with Gasteiger partial charge < -0.3 is 19.0 Å². The Hall–Kier alpha value is -2.67. The number of oxazole rings is 1. The maximum absolute atomic E-state index is 13.0. The van der Waals surface area contributed by atoms with E-state index in [0.717, 1.165) is 12.0 Å². The van der Waals surface area contributed by atoms with Crippen molar-refractivity contribution in [2.75, 3.05) is 26.3 Å². The van der Waals surface area contributed by atoms with Crippen molar-refractivity contribution in [3.8, 4) is 11.3 Å². The molecular formula is C20H23N3O4. The van der Waals surface area contributed by atoms with Crippen LogP contribution in [0.5, 0.6) is 0 Å². The van der Waals surface area contributed by atoms with E-state index in [2.05, 4.69) is 4.98 Å². The molecule has 0 saturated carbocycles. The van der Waals surface area contributed by atoms with E-state index < -0.39 is 0 Å². The Morgan fingerprint density at radius 2 is 2.11 bits per heavy atom. The Morgan fingerprint density at radius 1 is 1.30 bits per heavy atom. The van der Waals surface area contributed by atoms with Crippen LogP contribution in [0, 0.1) is 0 Å². The third-order valence-corrected chi connectivity index (χ3v) is 5.40. The zero-order valence-corrected chi connectivity index (χ0v) is 15.3. The fraction of sp³-hybridized carbons (Fsp3) is 0.450. The average Bonchev–Trinajstić information content (AvgIpc) is 3.40. The number of likely N-dealkylation sites (tertiary alicyclic amines) is 2. The fourth-order valence-corrected chi connectivity index (χ4v) is 4.08. The highest BCUT2D eigenvalue weighted by molar-refractivity contribution is 5.96. The minimum absolute atomic E-state index is 0.0221. The summed E-state index contributed by atoms with van der Waals surface area (Å²) in [6, 6.07) is 7.38. The second-order valence-electron chi connectivity index (χ2n) is 6.85. The van der Waals surface area contributed by atoms with Gasteiger partial charge in [0.05, 0.1) is 24.9 Å². The first-order valence-electron chi connectivity index (χ1n) is 9.36. The zero-order chi connectivity index (χ0) is 18.8. The average molecular weight is 369 g/mol. The summed E-state index contributed by atoms with van der Waals surface area (Å²) < 4.78 is 10.7. The summed E-state index contributed by atoms with van der Waals surface area (Å²) in [7, 11) is 0. The molecule has 2 atom stereocenters. The number of amides is 2. The van der Waals surface area contributed by atoms with Crippen molar-refractivity contribution in [3.63, 3.8) is 0 Å². The molecule has 2 aromatic rings. The highest BCUT2D eigenvalue weighted by Gasteiger charge is 2.48. The molecule has 7 nitrogen and oxygen atoms in total. The van der Waals surface area contributed by atoms with Gasteiger partial charge in [-0.2, -0.15) is 0 Å². The third kappa shape index (κ3) is 3.35. The lowest BCUT2D eigenvalue weighted by molar-refractivity contribution is -0.129. The molecule has 2 saturated heterocycles. The smallest absolute Gasteiger partial charge is 0.254 e. The van der Waals surface area contributed by atoms with Crippen LogP contribution in [0.25, 0.3) is 11.3 Å². The van der Waals surface area contributed by atoms with E-state index in [1.807, 2.05) is 28.9 Å². The minimum atomic E-state index is -0.0411. The molecule has 0 radical (unpaired) electrons. The van der Waals surface area contributed by atoms with Gasteiger partial charge in [0.2, 0.25) is 5.91 Å². The van der Waals surface area contributed by atoms with Gasteiger partial charge in [0.1, 0.15) is 0 Å². The number of hydrogen-bond acceptors (Lipinski definition) is 5. The van der Waals surface area contributed by atoms with Crippen molar-refractivity contribution in [3.05, 3.63) is 42.4 Å². The van der Waals surface area contributed by atoms with Crippen molar-refractivity contribution >= 4 is 11.8 Å². The summed E-state index contributed by atoms with van der Waals surface area (Å²) in [5.41, 5.74) is 1.50. The van der Waals surface area contributed by atoms with Crippen molar-refractivity contribution in [2.45, 2.75) is 31.8 Å². The third-order valence-electron chi connectivity index (χ3n) is 5.40. The predicted molar refractivity (Wildman–Crippen MR) is 98.0 cm³/mol. The van der Waals surface area contributed by atoms with E-state index in [0.29, 0.717) is 44.0 Å². The van der Waals surface area contributed by atoms with Crippen LogP contribution in [0.1, 0.15) is 30.1 Å². The second-order valence-corrected chi connectivity index (χ2v) is 6.85. The Balaban J connectivity index is 1.45. The molecule has 0 bridgehead atoms. The van der Waals surface area contributed by atoms with Crippen LogP contribution < -0.4 is 0 Å². The van der Waals surface area contributed by atoms with Crippen molar-refractivity contribution in [1.29, 1.82) is 0 Å². The monoisotopic (exact) mass is 369 g/mol. The van der Waals surface area contributed by atoms with Crippen molar-refractivity contribution in [1.82, 2.24) is 14.8 Å². The van der Waals surface area contributed by atoms with Gasteiger partial charge in [0.15, 0.2) is 12.2 Å². The molecule has 3 heterocycles. The Kier molecular flexibility index (Phi) is 4.94. The molecule has 2 aliphatic rings. The van der Waals surface area contributed by atoms with E-state index in [1.165, 1.54) is 6.39 Å². The highest BCUT2D eigenvalue weighted by atomic mass is 16.5. The number of ether oxygens (including phenoxy) is 1. The van der Waals surface area contributed by atoms with E-state index in [1.54, 1.807) is 18.3 Å². The minimum Gasteiger partial charge on any atom is -0.444 e. The number of aromatic nitrogens is 1. The molecule has 0 aliphatic carbocycles. The van der Waals surface area contributed by atoms with E-state index in [9.17, 15) is 9.59 Å². The normalized spacial score (nSPS) is 21.7.